The van der Waals surface area contributed by atoms with Gasteiger partial charge in [0.05, 0.1) is 12.2 Å². The van der Waals surface area contributed by atoms with E-state index in [1.165, 1.54) is 89.9 Å². The molecule has 0 amide bonds. The minimum Gasteiger partial charge on any atom is -0.390 e. The third-order valence-electron chi connectivity index (χ3n) is 5.48. The molecule has 0 aliphatic rings. The minimum absolute atomic E-state index is 0.523. The molecule has 0 saturated carbocycles. The van der Waals surface area contributed by atoms with Gasteiger partial charge in [0.2, 0.25) is 0 Å². The van der Waals surface area contributed by atoms with Crippen molar-refractivity contribution in [2.75, 3.05) is 13.2 Å². The van der Waals surface area contributed by atoms with E-state index < -0.39 is 12.2 Å². The number of hydrogen-bond donors (Lipinski definition) is 2. The van der Waals surface area contributed by atoms with E-state index in [-0.39, 0.29) is 0 Å². The molecule has 0 rings (SSSR count). The van der Waals surface area contributed by atoms with Gasteiger partial charge in [-0.25, -0.2) is 0 Å². The molecular formula is C24H50O3. The number of aliphatic hydroxyl groups is 2. The van der Waals surface area contributed by atoms with E-state index in [0.717, 1.165) is 38.9 Å². The quantitative estimate of drug-likeness (QED) is 0.201. The summed E-state index contributed by atoms with van der Waals surface area (Å²) in [5.41, 5.74) is 0. The summed E-state index contributed by atoms with van der Waals surface area (Å²) >= 11 is 0. The van der Waals surface area contributed by atoms with Crippen molar-refractivity contribution in [1.29, 1.82) is 0 Å². The van der Waals surface area contributed by atoms with Gasteiger partial charge in [-0.2, -0.15) is 0 Å². The molecule has 2 unspecified atom stereocenters. The van der Waals surface area contributed by atoms with E-state index in [0.29, 0.717) is 0 Å². The van der Waals surface area contributed by atoms with E-state index >= 15 is 0 Å². The summed E-state index contributed by atoms with van der Waals surface area (Å²) < 4.78 is 5.66. The predicted molar refractivity (Wildman–Crippen MR) is 117 cm³/mol. The Morgan fingerprint density at radius 1 is 0.481 bits per heavy atom. The molecule has 0 saturated heterocycles. The summed E-state index contributed by atoms with van der Waals surface area (Å²) in [5, 5.41) is 20.1. The largest absolute Gasteiger partial charge is 0.390 e. The second-order valence-electron chi connectivity index (χ2n) is 8.27. The molecule has 0 fully saturated rings. The standard InChI is InChI=1S/C24H50O3/c1-3-5-7-9-12-15-19-23(25)24(26)20-16-13-10-11-14-18-22-27-21-17-8-6-4-2/h23-26H,3-22H2,1-2H3. The highest BCUT2D eigenvalue weighted by atomic mass is 16.5. The molecule has 3 nitrogen and oxygen atoms in total. The molecule has 0 radical (unpaired) electrons. The summed E-state index contributed by atoms with van der Waals surface area (Å²) in [6.07, 6.45) is 20.1. The van der Waals surface area contributed by atoms with Gasteiger partial charge in [-0.05, 0) is 25.7 Å². The zero-order valence-electron chi connectivity index (χ0n) is 18.6. The Kier molecular flexibility index (Phi) is 22.1. The molecule has 0 aliphatic carbocycles. The van der Waals surface area contributed by atoms with Crippen LogP contribution in [0.3, 0.4) is 0 Å². The zero-order chi connectivity index (χ0) is 20.0. The van der Waals surface area contributed by atoms with Crippen molar-refractivity contribution in [1.82, 2.24) is 0 Å². The smallest absolute Gasteiger partial charge is 0.0799 e. The van der Waals surface area contributed by atoms with Crippen LogP contribution in [-0.2, 0) is 4.74 Å². The SMILES string of the molecule is CCCCCCCCC(O)C(O)CCCCCCCCOCCCCCC. The van der Waals surface area contributed by atoms with Crippen LogP contribution in [0, 0.1) is 0 Å². The molecule has 27 heavy (non-hydrogen) atoms. The first-order valence-corrected chi connectivity index (χ1v) is 12.2. The van der Waals surface area contributed by atoms with Crippen molar-refractivity contribution in [2.24, 2.45) is 0 Å². The summed E-state index contributed by atoms with van der Waals surface area (Å²) in [7, 11) is 0. The summed E-state index contributed by atoms with van der Waals surface area (Å²) in [6, 6.07) is 0. The van der Waals surface area contributed by atoms with Crippen LogP contribution in [0.25, 0.3) is 0 Å². The number of ether oxygens (including phenoxy) is 1. The molecule has 0 aromatic rings. The van der Waals surface area contributed by atoms with E-state index in [9.17, 15) is 10.2 Å². The molecule has 0 aliphatic heterocycles. The van der Waals surface area contributed by atoms with Crippen LogP contribution < -0.4 is 0 Å². The Morgan fingerprint density at radius 2 is 0.815 bits per heavy atom. The summed E-state index contributed by atoms with van der Waals surface area (Å²) in [4.78, 5) is 0. The van der Waals surface area contributed by atoms with Crippen molar-refractivity contribution in [3.63, 3.8) is 0 Å². The average molecular weight is 387 g/mol. The van der Waals surface area contributed by atoms with Gasteiger partial charge in [-0.1, -0.05) is 104 Å². The molecule has 0 bridgehead atoms. The lowest BCUT2D eigenvalue weighted by Crippen LogP contribution is -2.25. The van der Waals surface area contributed by atoms with Crippen LogP contribution in [0.1, 0.15) is 129 Å². The Labute approximate surface area is 170 Å². The van der Waals surface area contributed by atoms with Crippen LogP contribution in [0.5, 0.6) is 0 Å². The molecule has 2 N–H and O–H groups in total. The van der Waals surface area contributed by atoms with Crippen molar-refractivity contribution in [3.05, 3.63) is 0 Å². The van der Waals surface area contributed by atoms with Crippen molar-refractivity contribution in [3.8, 4) is 0 Å². The predicted octanol–water partition coefficient (Wildman–Crippen LogP) is 6.79. The maximum Gasteiger partial charge on any atom is 0.0799 e. The molecule has 164 valence electrons. The monoisotopic (exact) mass is 386 g/mol. The highest BCUT2D eigenvalue weighted by Crippen LogP contribution is 2.15. The van der Waals surface area contributed by atoms with Crippen LogP contribution in [0.2, 0.25) is 0 Å². The van der Waals surface area contributed by atoms with Crippen LogP contribution in [0.15, 0.2) is 0 Å². The van der Waals surface area contributed by atoms with Crippen LogP contribution in [-0.4, -0.2) is 35.6 Å². The third-order valence-corrected chi connectivity index (χ3v) is 5.48. The van der Waals surface area contributed by atoms with Gasteiger partial charge in [0.25, 0.3) is 0 Å². The number of hydrogen-bond acceptors (Lipinski definition) is 3. The molecule has 0 aromatic carbocycles. The molecule has 2 atom stereocenters. The van der Waals surface area contributed by atoms with Gasteiger partial charge in [0.1, 0.15) is 0 Å². The first-order valence-electron chi connectivity index (χ1n) is 12.2. The van der Waals surface area contributed by atoms with E-state index in [1.807, 2.05) is 0 Å². The Bertz CT molecular complexity index is 270. The summed E-state index contributed by atoms with van der Waals surface area (Å²) in [6.45, 7) is 6.31. The topological polar surface area (TPSA) is 49.7 Å². The van der Waals surface area contributed by atoms with Gasteiger partial charge in [0.15, 0.2) is 0 Å². The minimum atomic E-state index is -0.526. The highest BCUT2D eigenvalue weighted by molar-refractivity contribution is 4.67. The second kappa shape index (κ2) is 22.2. The Hall–Kier alpha value is -0.120. The maximum absolute atomic E-state index is 10.1. The fourth-order valence-corrected chi connectivity index (χ4v) is 3.52. The number of rotatable bonds is 22. The fourth-order valence-electron chi connectivity index (χ4n) is 3.52. The van der Waals surface area contributed by atoms with Crippen LogP contribution >= 0.6 is 0 Å². The molecule has 0 aromatic heterocycles. The normalized spacial score (nSPS) is 13.8. The van der Waals surface area contributed by atoms with Gasteiger partial charge >= 0.3 is 0 Å². The number of unbranched alkanes of at least 4 members (excludes halogenated alkanes) is 13. The van der Waals surface area contributed by atoms with Gasteiger partial charge in [0, 0.05) is 13.2 Å². The van der Waals surface area contributed by atoms with Gasteiger partial charge < -0.3 is 14.9 Å². The van der Waals surface area contributed by atoms with E-state index in [2.05, 4.69) is 13.8 Å². The Morgan fingerprint density at radius 3 is 1.26 bits per heavy atom. The molecular weight excluding hydrogens is 336 g/mol. The number of aliphatic hydroxyl groups excluding tert-OH is 2. The van der Waals surface area contributed by atoms with Gasteiger partial charge in [-0.3, -0.25) is 0 Å². The highest BCUT2D eigenvalue weighted by Gasteiger charge is 2.15. The molecule has 3 heteroatoms. The van der Waals surface area contributed by atoms with Crippen molar-refractivity contribution >= 4 is 0 Å². The molecule has 0 spiro atoms. The first-order chi connectivity index (χ1) is 13.2. The fraction of sp³-hybridized carbons (Fsp3) is 1.00. The Balaban J connectivity index is 3.27. The van der Waals surface area contributed by atoms with E-state index in [1.54, 1.807) is 0 Å². The lowest BCUT2D eigenvalue weighted by Gasteiger charge is -2.17. The lowest BCUT2D eigenvalue weighted by atomic mass is 9.99. The maximum atomic E-state index is 10.1. The first kappa shape index (κ1) is 26.9. The molecule has 0 heterocycles. The van der Waals surface area contributed by atoms with Crippen molar-refractivity contribution in [2.45, 2.75) is 142 Å². The van der Waals surface area contributed by atoms with Crippen LogP contribution in [0.4, 0.5) is 0 Å². The lowest BCUT2D eigenvalue weighted by molar-refractivity contribution is 0.00711. The second-order valence-corrected chi connectivity index (χ2v) is 8.27. The van der Waals surface area contributed by atoms with Gasteiger partial charge in [-0.15, -0.1) is 0 Å². The zero-order valence-corrected chi connectivity index (χ0v) is 18.6. The summed E-state index contributed by atoms with van der Waals surface area (Å²) in [5.74, 6) is 0. The average Bonchev–Trinajstić information content (AvgIpc) is 2.67. The van der Waals surface area contributed by atoms with Crippen molar-refractivity contribution < 1.29 is 14.9 Å². The van der Waals surface area contributed by atoms with E-state index in [4.69, 9.17) is 4.74 Å². The third kappa shape index (κ3) is 20.4.